The number of carboxylic acid groups (broad SMARTS) is 2. The van der Waals surface area contributed by atoms with Gasteiger partial charge in [0.25, 0.3) is 0 Å². The van der Waals surface area contributed by atoms with Gasteiger partial charge < -0.3 is 29.3 Å². The number of ether oxygens (including phenoxy) is 2. The number of rotatable bonds is 22. The zero-order valence-corrected chi connectivity index (χ0v) is 43.2. The van der Waals surface area contributed by atoms with Gasteiger partial charge in [0, 0.05) is 18.7 Å². The lowest BCUT2D eigenvalue weighted by Crippen LogP contribution is -2.30. The molecule has 70 heavy (non-hydrogen) atoms. The van der Waals surface area contributed by atoms with E-state index in [4.69, 9.17) is 9.47 Å². The average molecular weight is 1100 g/mol. The molecule has 0 amide bonds. The van der Waals surface area contributed by atoms with E-state index >= 15 is 0 Å². The minimum Gasteiger partial charge on any atom is -0.545 e. The van der Waals surface area contributed by atoms with Crippen molar-refractivity contribution >= 4 is 78.6 Å². The summed E-state index contributed by atoms with van der Waals surface area (Å²) in [5, 5.41) is 23.1. The van der Waals surface area contributed by atoms with Gasteiger partial charge in [-0.05, 0) is 107 Å². The second-order valence-electron chi connectivity index (χ2n) is 15.7. The number of halogens is 2. The van der Waals surface area contributed by atoms with Crippen molar-refractivity contribution in [2.75, 3.05) is 13.2 Å². The molecule has 0 spiro atoms. The predicted molar refractivity (Wildman–Crippen MR) is 281 cm³/mol. The highest BCUT2D eigenvalue weighted by molar-refractivity contribution is 9.10. The molecule has 0 fully saturated rings. The molecule has 4 heterocycles. The number of carbonyl (C=O) groups is 2. The van der Waals surface area contributed by atoms with Crippen LogP contribution >= 0.6 is 54.5 Å². The number of thiophene rings is 2. The Morgan fingerprint density at radius 3 is 1.31 bits per heavy atom. The molecule has 0 radical (unpaired) electrons. The molecule has 0 bridgehead atoms. The molecule has 360 valence electrons. The van der Waals surface area contributed by atoms with E-state index < -0.39 is 11.9 Å². The molecule has 0 aliphatic carbocycles. The van der Waals surface area contributed by atoms with Gasteiger partial charge in [0.05, 0.1) is 25.2 Å². The monoisotopic (exact) mass is 1100 g/mol. The minimum atomic E-state index is -1.55. The number of nitrogens with zero attached hydrogens (tertiary/aromatic N) is 4. The third-order valence-corrected chi connectivity index (χ3v) is 13.4. The van der Waals surface area contributed by atoms with Gasteiger partial charge in [-0.3, -0.25) is 0 Å². The van der Waals surface area contributed by atoms with Crippen LogP contribution in [-0.4, -0.2) is 34.3 Å². The maximum Gasteiger partial charge on any atom is 0.244 e. The van der Waals surface area contributed by atoms with Gasteiger partial charge in [0.15, 0.2) is 0 Å². The molecular formula is C56H54Br2N4O6S2. The second-order valence-corrected chi connectivity index (χ2v) is 19.5. The van der Waals surface area contributed by atoms with Crippen molar-refractivity contribution < 1.29 is 38.4 Å². The van der Waals surface area contributed by atoms with Crippen LogP contribution in [0.2, 0.25) is 0 Å². The zero-order valence-electron chi connectivity index (χ0n) is 38.4. The van der Waals surface area contributed by atoms with Crippen molar-refractivity contribution in [3.8, 4) is 0 Å². The van der Waals surface area contributed by atoms with Crippen molar-refractivity contribution in [1.82, 2.24) is 9.13 Å². The SMILES string of the molecule is Brc1ccc(C=CC[n+]2ccn(CC(OCCc3ccccc3)c3cccs3)c2)cc1.Brc1ccc(C=CC[n+]2ccn(CC(OCCc3ccccc3)c3cccs3)c2)cc1.O=C([O-])C=CC(=O)[O-]. The Kier molecular flexibility index (Phi) is 22.5. The van der Waals surface area contributed by atoms with Gasteiger partial charge in [0.1, 0.15) is 63.2 Å². The molecule has 0 saturated heterocycles. The van der Waals surface area contributed by atoms with E-state index in [1.165, 1.54) is 32.0 Å². The van der Waals surface area contributed by atoms with Crippen molar-refractivity contribution in [2.24, 2.45) is 0 Å². The normalized spacial score (nSPS) is 12.1. The van der Waals surface area contributed by atoms with E-state index in [-0.39, 0.29) is 12.2 Å². The Morgan fingerprint density at radius 1 is 0.557 bits per heavy atom. The van der Waals surface area contributed by atoms with Crippen LogP contribution in [0.4, 0.5) is 0 Å². The Bertz CT molecular complexity index is 2620. The third kappa shape index (κ3) is 20.0. The number of carboxylic acids is 2. The number of hydrogen-bond acceptors (Lipinski definition) is 8. The Labute approximate surface area is 434 Å². The van der Waals surface area contributed by atoms with Gasteiger partial charge in [-0.15, -0.1) is 22.7 Å². The molecule has 10 nitrogen and oxygen atoms in total. The molecule has 8 aromatic rings. The van der Waals surface area contributed by atoms with Crippen molar-refractivity contribution in [3.63, 3.8) is 0 Å². The molecule has 8 rings (SSSR count). The fourth-order valence-corrected chi connectivity index (χ4v) is 8.98. The van der Waals surface area contributed by atoms with Gasteiger partial charge in [0.2, 0.25) is 12.7 Å². The summed E-state index contributed by atoms with van der Waals surface area (Å²) in [4.78, 5) is 21.4. The molecule has 0 saturated carbocycles. The standard InChI is InChI=1S/2C26H26BrN2OS.C4H4O4/c2*27-24-12-10-23(11-13-24)8-4-15-28-16-17-29(21-28)20-25(26-9-5-19-31-26)30-18-14-22-6-2-1-3-7-22;5-3(6)1-2-4(7)8/h2*1-13,16-17,19,21,25H,14-15,18,20H2;1-2H,(H,5,6)(H,7,8)/q2*+1;/p-2. The quantitative estimate of drug-likeness (QED) is 0.0493. The van der Waals surface area contributed by atoms with E-state index in [0.717, 1.165) is 48.0 Å². The first kappa shape index (κ1) is 53.1. The number of allylic oxidation sites excluding steroid dienone is 2. The maximum atomic E-state index is 9.41. The van der Waals surface area contributed by atoms with Crippen molar-refractivity contribution in [1.29, 1.82) is 0 Å². The zero-order chi connectivity index (χ0) is 49.2. The van der Waals surface area contributed by atoms with Crippen LogP contribution in [0, 0.1) is 0 Å². The Morgan fingerprint density at radius 2 is 0.957 bits per heavy atom. The lowest BCUT2D eigenvalue weighted by Gasteiger charge is -2.15. The van der Waals surface area contributed by atoms with Gasteiger partial charge in [-0.1, -0.05) is 141 Å². The van der Waals surface area contributed by atoms with Crippen LogP contribution < -0.4 is 19.3 Å². The number of benzene rings is 4. The van der Waals surface area contributed by atoms with E-state index in [2.05, 4.69) is 244 Å². The van der Waals surface area contributed by atoms with Crippen LogP contribution in [0.5, 0.6) is 0 Å². The van der Waals surface area contributed by atoms with E-state index in [1.807, 2.05) is 12.1 Å². The first-order chi connectivity index (χ1) is 34.1. The molecule has 14 heteroatoms. The highest BCUT2D eigenvalue weighted by Crippen LogP contribution is 2.26. The van der Waals surface area contributed by atoms with Gasteiger partial charge >= 0.3 is 0 Å². The fraction of sp³-hybridized carbons (Fsp3) is 0.179. The van der Waals surface area contributed by atoms with Crippen LogP contribution in [-0.2, 0) is 58.1 Å². The van der Waals surface area contributed by atoms with E-state index in [9.17, 15) is 19.8 Å². The van der Waals surface area contributed by atoms with Gasteiger partial charge in [-0.2, -0.15) is 0 Å². The first-order valence-corrected chi connectivity index (χ1v) is 25.9. The number of imidazole rings is 2. The minimum absolute atomic E-state index is 0.0582. The lowest BCUT2D eigenvalue weighted by molar-refractivity contribution is -0.686. The highest BCUT2D eigenvalue weighted by Gasteiger charge is 2.19. The van der Waals surface area contributed by atoms with E-state index in [0.29, 0.717) is 25.4 Å². The van der Waals surface area contributed by atoms with Crippen LogP contribution in [0.25, 0.3) is 12.2 Å². The molecule has 2 atom stereocenters. The second kappa shape index (κ2) is 29.7. The molecule has 4 aromatic heterocycles. The summed E-state index contributed by atoms with van der Waals surface area (Å²) in [6.07, 6.45) is 24.2. The first-order valence-electron chi connectivity index (χ1n) is 22.6. The summed E-state index contributed by atoms with van der Waals surface area (Å²) in [5.41, 5.74) is 5.02. The Hall–Kier alpha value is -6.26. The smallest absolute Gasteiger partial charge is 0.244 e. The summed E-state index contributed by atoms with van der Waals surface area (Å²) >= 11 is 10.5. The summed E-state index contributed by atoms with van der Waals surface area (Å²) in [7, 11) is 0. The summed E-state index contributed by atoms with van der Waals surface area (Å²) in [6.45, 7) is 4.70. The van der Waals surface area contributed by atoms with Crippen LogP contribution in [0.1, 0.15) is 44.2 Å². The third-order valence-electron chi connectivity index (χ3n) is 10.4. The fourth-order valence-electron chi connectivity index (χ4n) is 6.92. The maximum absolute atomic E-state index is 9.41. The largest absolute Gasteiger partial charge is 0.545 e. The summed E-state index contributed by atoms with van der Waals surface area (Å²) in [6, 6.07) is 46.2. The molecule has 0 aliphatic heterocycles. The molecule has 4 aromatic carbocycles. The lowest BCUT2D eigenvalue weighted by atomic mass is 10.2. The molecular weight excluding hydrogens is 1050 g/mol. The van der Waals surface area contributed by atoms with Crippen molar-refractivity contribution in [2.45, 2.75) is 51.2 Å². The van der Waals surface area contributed by atoms with Gasteiger partial charge in [-0.25, -0.2) is 18.3 Å². The number of carbonyl (C=O) groups excluding carboxylic acids is 2. The highest BCUT2D eigenvalue weighted by atomic mass is 79.9. The molecule has 2 unspecified atom stereocenters. The molecule has 0 N–H and O–H groups in total. The molecule has 0 aliphatic rings. The van der Waals surface area contributed by atoms with Crippen LogP contribution in [0.3, 0.4) is 0 Å². The predicted octanol–water partition coefficient (Wildman–Crippen LogP) is 9.67. The summed E-state index contributed by atoms with van der Waals surface area (Å²) in [5.74, 6) is -3.09. The number of hydrogen-bond donors (Lipinski definition) is 0. The topological polar surface area (TPSA) is 116 Å². The van der Waals surface area contributed by atoms with E-state index in [1.54, 1.807) is 22.7 Å². The van der Waals surface area contributed by atoms with Crippen LogP contribution in [0.15, 0.2) is 215 Å². The average Bonchev–Trinajstić information content (AvgIpc) is 4.23. The van der Waals surface area contributed by atoms with Crippen molar-refractivity contribution in [3.05, 3.63) is 247 Å². The summed E-state index contributed by atoms with van der Waals surface area (Å²) < 4.78 is 23.6. The Balaban J connectivity index is 0.000000199. The number of aromatic nitrogens is 4. The number of aliphatic carboxylic acids is 2.